The lowest BCUT2D eigenvalue weighted by Gasteiger charge is -2.12. The highest BCUT2D eigenvalue weighted by Crippen LogP contribution is 2.31. The minimum absolute atomic E-state index is 0.922. The number of benzene rings is 1. The van der Waals surface area contributed by atoms with Gasteiger partial charge in [0.2, 0.25) is 0 Å². The van der Waals surface area contributed by atoms with E-state index in [1.807, 2.05) is 4.68 Å². The first-order valence-electron chi connectivity index (χ1n) is 8.06. The first-order chi connectivity index (χ1) is 10.2. The molecular formula is C18H27N3. The summed E-state index contributed by atoms with van der Waals surface area (Å²) in [4.78, 5) is 0. The van der Waals surface area contributed by atoms with Crippen LogP contribution in [0.2, 0.25) is 0 Å². The molecule has 0 unspecified atom stereocenters. The van der Waals surface area contributed by atoms with Gasteiger partial charge in [0.15, 0.2) is 0 Å². The van der Waals surface area contributed by atoms with Crippen molar-refractivity contribution in [3.8, 4) is 11.1 Å². The van der Waals surface area contributed by atoms with Crippen LogP contribution in [-0.4, -0.2) is 16.3 Å². The Hall–Kier alpha value is -1.61. The molecule has 1 aromatic heterocycles. The van der Waals surface area contributed by atoms with E-state index in [1.165, 1.54) is 28.1 Å². The van der Waals surface area contributed by atoms with E-state index in [1.54, 1.807) is 0 Å². The lowest BCUT2D eigenvalue weighted by atomic mass is 9.95. The van der Waals surface area contributed by atoms with Crippen LogP contribution < -0.4 is 5.32 Å². The van der Waals surface area contributed by atoms with Crippen molar-refractivity contribution < 1.29 is 0 Å². The summed E-state index contributed by atoms with van der Waals surface area (Å²) in [5.41, 5.74) is 6.58. The van der Waals surface area contributed by atoms with E-state index < -0.39 is 0 Å². The number of hydrogen-bond acceptors (Lipinski definition) is 2. The smallest absolute Gasteiger partial charge is 0.0703 e. The highest BCUT2D eigenvalue weighted by Gasteiger charge is 2.17. The van der Waals surface area contributed by atoms with Gasteiger partial charge in [-0.1, -0.05) is 45.0 Å². The second kappa shape index (κ2) is 7.41. The standard InChI is InChI=1S/C18H27N3/c1-5-12-19-13-14-10-8-9-11-15(14)18-16(6-2)20-21(4)17(18)7-3/h8-11,19H,5-7,12-13H2,1-4H3. The predicted molar refractivity (Wildman–Crippen MR) is 89.4 cm³/mol. The van der Waals surface area contributed by atoms with Gasteiger partial charge < -0.3 is 5.32 Å². The van der Waals surface area contributed by atoms with Crippen LogP contribution in [0, 0.1) is 0 Å². The van der Waals surface area contributed by atoms with Gasteiger partial charge >= 0.3 is 0 Å². The molecule has 0 fully saturated rings. The molecule has 3 nitrogen and oxygen atoms in total. The molecule has 1 aromatic carbocycles. The van der Waals surface area contributed by atoms with Crippen molar-refractivity contribution >= 4 is 0 Å². The average molecular weight is 285 g/mol. The number of hydrogen-bond donors (Lipinski definition) is 1. The van der Waals surface area contributed by atoms with Crippen molar-refractivity contribution in [1.82, 2.24) is 15.1 Å². The number of rotatable bonds is 7. The summed E-state index contributed by atoms with van der Waals surface area (Å²) < 4.78 is 2.05. The van der Waals surface area contributed by atoms with E-state index in [-0.39, 0.29) is 0 Å². The summed E-state index contributed by atoms with van der Waals surface area (Å²) in [5, 5.41) is 8.23. The fourth-order valence-electron chi connectivity index (χ4n) is 2.90. The highest BCUT2D eigenvalue weighted by atomic mass is 15.3. The van der Waals surface area contributed by atoms with Crippen molar-refractivity contribution in [3.63, 3.8) is 0 Å². The molecule has 0 amide bonds. The third kappa shape index (κ3) is 3.35. The Balaban J connectivity index is 2.46. The summed E-state index contributed by atoms with van der Waals surface area (Å²) in [6.45, 7) is 8.57. The van der Waals surface area contributed by atoms with Gasteiger partial charge in [-0.05, 0) is 36.9 Å². The predicted octanol–water partition coefficient (Wildman–Crippen LogP) is 3.71. The number of aryl methyl sites for hydroxylation is 2. The summed E-state index contributed by atoms with van der Waals surface area (Å²) in [7, 11) is 2.05. The molecule has 2 aromatic rings. The molecule has 2 rings (SSSR count). The normalized spacial score (nSPS) is 11.0. The van der Waals surface area contributed by atoms with Gasteiger partial charge in [-0.25, -0.2) is 0 Å². The second-order valence-corrected chi connectivity index (χ2v) is 5.43. The Morgan fingerprint density at radius 3 is 2.52 bits per heavy atom. The average Bonchev–Trinajstić information content (AvgIpc) is 2.83. The van der Waals surface area contributed by atoms with Crippen molar-refractivity contribution in [2.24, 2.45) is 7.05 Å². The maximum atomic E-state index is 4.71. The van der Waals surface area contributed by atoms with Crippen molar-refractivity contribution in [1.29, 1.82) is 0 Å². The van der Waals surface area contributed by atoms with Crippen LogP contribution in [0.3, 0.4) is 0 Å². The zero-order valence-corrected chi connectivity index (χ0v) is 13.7. The Bertz CT molecular complexity index is 584. The van der Waals surface area contributed by atoms with E-state index in [0.717, 1.165) is 32.4 Å². The fraction of sp³-hybridized carbons (Fsp3) is 0.500. The van der Waals surface area contributed by atoms with Gasteiger partial charge in [0.1, 0.15) is 0 Å². The van der Waals surface area contributed by atoms with Crippen LogP contribution in [0.4, 0.5) is 0 Å². The van der Waals surface area contributed by atoms with E-state index >= 15 is 0 Å². The lowest BCUT2D eigenvalue weighted by molar-refractivity contribution is 0.676. The quantitative estimate of drug-likeness (QED) is 0.786. The largest absolute Gasteiger partial charge is 0.313 e. The van der Waals surface area contributed by atoms with Gasteiger partial charge in [-0.15, -0.1) is 0 Å². The molecule has 21 heavy (non-hydrogen) atoms. The maximum absolute atomic E-state index is 4.71. The molecule has 3 heteroatoms. The Labute approximate surface area is 128 Å². The molecule has 1 heterocycles. The monoisotopic (exact) mass is 285 g/mol. The zero-order chi connectivity index (χ0) is 15.2. The van der Waals surface area contributed by atoms with Gasteiger partial charge in [-0.2, -0.15) is 5.10 Å². The molecule has 0 saturated heterocycles. The van der Waals surface area contributed by atoms with Crippen LogP contribution in [0.1, 0.15) is 44.1 Å². The molecule has 0 bridgehead atoms. The third-order valence-electron chi connectivity index (χ3n) is 3.94. The van der Waals surface area contributed by atoms with Crippen LogP contribution >= 0.6 is 0 Å². The minimum atomic E-state index is 0.922. The van der Waals surface area contributed by atoms with E-state index in [0.29, 0.717) is 0 Å². The molecule has 0 spiro atoms. The molecule has 114 valence electrons. The third-order valence-corrected chi connectivity index (χ3v) is 3.94. The molecule has 0 aliphatic rings. The van der Waals surface area contributed by atoms with Crippen LogP contribution in [0.15, 0.2) is 24.3 Å². The molecule has 1 N–H and O–H groups in total. The van der Waals surface area contributed by atoms with E-state index in [9.17, 15) is 0 Å². The maximum Gasteiger partial charge on any atom is 0.0703 e. The molecule has 0 radical (unpaired) electrons. The molecule has 0 saturated carbocycles. The molecule has 0 aliphatic heterocycles. The summed E-state index contributed by atoms with van der Waals surface area (Å²) >= 11 is 0. The van der Waals surface area contributed by atoms with Gasteiger partial charge in [0.05, 0.1) is 5.69 Å². The second-order valence-electron chi connectivity index (χ2n) is 5.43. The summed E-state index contributed by atoms with van der Waals surface area (Å²) in [6.07, 6.45) is 3.14. The Morgan fingerprint density at radius 1 is 1.10 bits per heavy atom. The molecule has 0 atom stereocenters. The SMILES string of the molecule is CCCNCc1ccccc1-c1c(CC)nn(C)c1CC. The lowest BCUT2D eigenvalue weighted by Crippen LogP contribution is -2.14. The number of aromatic nitrogens is 2. The first kappa shape index (κ1) is 15.8. The van der Waals surface area contributed by atoms with Crippen LogP contribution in [0.5, 0.6) is 0 Å². The first-order valence-corrected chi connectivity index (χ1v) is 8.06. The summed E-state index contributed by atoms with van der Waals surface area (Å²) in [6, 6.07) is 8.72. The zero-order valence-electron chi connectivity index (χ0n) is 13.7. The Morgan fingerprint density at radius 2 is 1.86 bits per heavy atom. The van der Waals surface area contributed by atoms with Crippen molar-refractivity contribution in [2.45, 2.75) is 46.6 Å². The topological polar surface area (TPSA) is 29.9 Å². The van der Waals surface area contributed by atoms with E-state index in [2.05, 4.69) is 57.4 Å². The number of nitrogens with zero attached hydrogens (tertiary/aromatic N) is 2. The van der Waals surface area contributed by atoms with Gasteiger partial charge in [0, 0.05) is 24.8 Å². The van der Waals surface area contributed by atoms with E-state index in [4.69, 9.17) is 5.10 Å². The van der Waals surface area contributed by atoms with Gasteiger partial charge in [-0.3, -0.25) is 4.68 Å². The van der Waals surface area contributed by atoms with Crippen molar-refractivity contribution in [3.05, 3.63) is 41.2 Å². The Kier molecular flexibility index (Phi) is 5.57. The molecular weight excluding hydrogens is 258 g/mol. The van der Waals surface area contributed by atoms with Crippen LogP contribution in [-0.2, 0) is 26.4 Å². The van der Waals surface area contributed by atoms with Crippen molar-refractivity contribution in [2.75, 3.05) is 6.54 Å². The fourth-order valence-corrected chi connectivity index (χ4v) is 2.90. The summed E-state index contributed by atoms with van der Waals surface area (Å²) in [5.74, 6) is 0. The number of nitrogens with one attached hydrogen (secondary N) is 1. The van der Waals surface area contributed by atoms with Gasteiger partial charge in [0.25, 0.3) is 0 Å². The highest BCUT2D eigenvalue weighted by molar-refractivity contribution is 5.72. The van der Waals surface area contributed by atoms with Crippen LogP contribution in [0.25, 0.3) is 11.1 Å². The molecule has 0 aliphatic carbocycles. The minimum Gasteiger partial charge on any atom is -0.313 e.